The van der Waals surface area contributed by atoms with Crippen molar-refractivity contribution in [3.05, 3.63) is 93.4 Å². The van der Waals surface area contributed by atoms with E-state index in [4.69, 9.17) is 16.3 Å². The van der Waals surface area contributed by atoms with Crippen molar-refractivity contribution in [2.45, 2.75) is 11.5 Å². The molecule has 0 bridgehead atoms. The number of nitrogens with zero attached hydrogens (tertiary/aromatic N) is 1. The highest BCUT2D eigenvalue weighted by Crippen LogP contribution is 2.22. The monoisotopic (exact) mass is 535 g/mol. The zero-order valence-electron chi connectivity index (χ0n) is 16.7. The lowest BCUT2D eigenvalue weighted by atomic mass is 10.2. The Morgan fingerprint density at radius 1 is 1.06 bits per heavy atom. The van der Waals surface area contributed by atoms with E-state index in [1.54, 1.807) is 6.07 Å². The Bertz CT molecular complexity index is 1200. The third-order valence-electron chi connectivity index (χ3n) is 4.16. The first kappa shape index (κ1) is 23.9. The molecule has 7 nitrogen and oxygen atoms in total. The van der Waals surface area contributed by atoms with Crippen molar-refractivity contribution in [2.24, 2.45) is 5.10 Å². The predicted octanol–water partition coefficient (Wildman–Crippen LogP) is 4.11. The molecule has 166 valence electrons. The Balaban J connectivity index is 1.53. The third-order valence-corrected chi connectivity index (χ3v) is 6.55. The highest BCUT2D eigenvalue weighted by Gasteiger charge is 2.15. The number of hydrazone groups is 1. The van der Waals surface area contributed by atoms with Crippen molar-refractivity contribution in [3.63, 3.8) is 0 Å². The number of hydrogen-bond donors (Lipinski definition) is 2. The van der Waals surface area contributed by atoms with Crippen LogP contribution in [0.2, 0.25) is 5.02 Å². The van der Waals surface area contributed by atoms with E-state index in [1.807, 2.05) is 42.5 Å². The molecule has 0 aromatic heterocycles. The van der Waals surface area contributed by atoms with E-state index in [1.165, 1.54) is 30.5 Å². The Labute approximate surface area is 199 Å². The van der Waals surface area contributed by atoms with E-state index in [0.717, 1.165) is 10.0 Å². The molecule has 1 amide bonds. The molecule has 32 heavy (non-hydrogen) atoms. The normalized spacial score (nSPS) is 11.4. The average Bonchev–Trinajstić information content (AvgIpc) is 2.79. The van der Waals surface area contributed by atoms with E-state index in [-0.39, 0.29) is 4.90 Å². The molecular formula is C22H19BrClN3O4S. The Morgan fingerprint density at radius 3 is 2.50 bits per heavy atom. The van der Waals surface area contributed by atoms with Gasteiger partial charge in [0.1, 0.15) is 12.4 Å². The summed E-state index contributed by atoms with van der Waals surface area (Å²) in [5, 5.41) is 4.30. The fourth-order valence-electron chi connectivity index (χ4n) is 2.52. The number of sulfonamides is 1. The highest BCUT2D eigenvalue weighted by atomic mass is 79.9. The minimum atomic E-state index is -3.84. The van der Waals surface area contributed by atoms with Crippen LogP contribution in [0.5, 0.6) is 5.75 Å². The van der Waals surface area contributed by atoms with E-state index in [9.17, 15) is 13.2 Å². The van der Waals surface area contributed by atoms with Crippen molar-refractivity contribution in [2.75, 3.05) is 6.54 Å². The minimum Gasteiger partial charge on any atom is -0.489 e. The molecule has 0 saturated carbocycles. The second-order valence-corrected chi connectivity index (χ2v) is 9.59. The van der Waals surface area contributed by atoms with Gasteiger partial charge in [0.25, 0.3) is 5.91 Å². The van der Waals surface area contributed by atoms with Crippen molar-refractivity contribution in [1.29, 1.82) is 0 Å². The number of hydrogen-bond acceptors (Lipinski definition) is 5. The molecule has 2 N–H and O–H groups in total. The van der Waals surface area contributed by atoms with Gasteiger partial charge in [-0.15, -0.1) is 0 Å². The maximum atomic E-state index is 12.2. The quantitative estimate of drug-likeness (QED) is 0.318. The summed E-state index contributed by atoms with van der Waals surface area (Å²) in [6, 6.07) is 20.8. The van der Waals surface area contributed by atoms with Gasteiger partial charge in [0.2, 0.25) is 10.0 Å². The summed E-state index contributed by atoms with van der Waals surface area (Å²) in [5.74, 6) is 0.0203. The van der Waals surface area contributed by atoms with Crippen LogP contribution in [0.3, 0.4) is 0 Å². The van der Waals surface area contributed by atoms with Crippen molar-refractivity contribution in [3.8, 4) is 5.75 Å². The number of halogens is 2. The molecule has 0 spiro atoms. The van der Waals surface area contributed by atoms with Gasteiger partial charge >= 0.3 is 0 Å². The first-order chi connectivity index (χ1) is 15.3. The molecule has 0 atom stereocenters. The zero-order valence-corrected chi connectivity index (χ0v) is 19.8. The van der Waals surface area contributed by atoms with Gasteiger partial charge in [-0.3, -0.25) is 4.79 Å². The molecular weight excluding hydrogens is 518 g/mol. The van der Waals surface area contributed by atoms with Crippen LogP contribution in [0.4, 0.5) is 0 Å². The van der Waals surface area contributed by atoms with Crippen LogP contribution in [0.15, 0.2) is 87.3 Å². The van der Waals surface area contributed by atoms with Crippen molar-refractivity contribution < 1.29 is 17.9 Å². The molecule has 0 radical (unpaired) electrons. The van der Waals surface area contributed by atoms with Crippen LogP contribution in [0.25, 0.3) is 0 Å². The smallest absolute Gasteiger partial charge is 0.255 e. The molecule has 10 heteroatoms. The lowest BCUT2D eigenvalue weighted by molar-refractivity contribution is -0.119. The number of ether oxygens (including phenoxy) is 1. The van der Waals surface area contributed by atoms with Gasteiger partial charge in [0.15, 0.2) is 0 Å². The van der Waals surface area contributed by atoms with Crippen LogP contribution < -0.4 is 14.9 Å². The Kier molecular flexibility index (Phi) is 8.40. The van der Waals surface area contributed by atoms with Crippen LogP contribution in [-0.2, 0) is 21.4 Å². The van der Waals surface area contributed by atoms with Gasteiger partial charge in [0, 0.05) is 15.1 Å². The Morgan fingerprint density at radius 2 is 1.78 bits per heavy atom. The second-order valence-electron chi connectivity index (χ2n) is 6.53. The number of carbonyl (C=O) groups excluding carboxylic acids is 1. The van der Waals surface area contributed by atoms with Crippen molar-refractivity contribution >= 4 is 49.7 Å². The number of nitrogens with one attached hydrogen (secondary N) is 2. The first-order valence-electron chi connectivity index (χ1n) is 9.37. The zero-order chi connectivity index (χ0) is 23.0. The molecule has 0 fully saturated rings. The molecule has 0 aliphatic carbocycles. The molecule has 0 unspecified atom stereocenters. The molecule has 0 saturated heterocycles. The summed E-state index contributed by atoms with van der Waals surface area (Å²) < 4.78 is 33.1. The van der Waals surface area contributed by atoms with Gasteiger partial charge in [-0.1, -0.05) is 57.9 Å². The predicted molar refractivity (Wildman–Crippen MR) is 127 cm³/mol. The molecule has 3 aromatic rings. The largest absolute Gasteiger partial charge is 0.489 e. The summed E-state index contributed by atoms with van der Waals surface area (Å²) in [6.07, 6.45) is 1.44. The molecule has 3 aromatic carbocycles. The van der Waals surface area contributed by atoms with Crippen LogP contribution in [0, 0.1) is 0 Å². The van der Waals surface area contributed by atoms with Crippen molar-refractivity contribution in [1.82, 2.24) is 10.1 Å². The maximum Gasteiger partial charge on any atom is 0.255 e. The standard InChI is InChI=1S/C22H19BrClN3O4S/c23-21-11-8-19(31-15-16-4-2-1-3-5-16)12-17(21)13-25-27-22(28)14-26-32(29,30)20-9-6-18(24)7-10-20/h1-13,26H,14-15H2,(H,27,28)/b25-13-. The molecule has 0 heterocycles. The fraction of sp³-hybridized carbons (Fsp3) is 0.0909. The summed E-state index contributed by atoms with van der Waals surface area (Å²) in [4.78, 5) is 12.0. The Hall–Kier alpha value is -2.72. The number of rotatable bonds is 9. The van der Waals surface area contributed by atoms with E-state index in [0.29, 0.717) is 22.9 Å². The van der Waals surface area contributed by atoms with Gasteiger partial charge in [-0.2, -0.15) is 5.10 Å². The fourth-order valence-corrected chi connectivity index (χ4v) is 3.98. The maximum absolute atomic E-state index is 12.2. The number of benzene rings is 3. The van der Waals surface area contributed by atoms with Gasteiger partial charge < -0.3 is 4.74 Å². The van der Waals surface area contributed by atoms with Crippen LogP contribution in [-0.4, -0.2) is 27.1 Å². The summed E-state index contributed by atoms with van der Waals surface area (Å²) >= 11 is 9.18. The second kappa shape index (κ2) is 11.2. The van der Waals surface area contributed by atoms with E-state index in [2.05, 4.69) is 31.2 Å². The van der Waals surface area contributed by atoms with Gasteiger partial charge in [-0.05, 0) is 48.0 Å². The van der Waals surface area contributed by atoms with Gasteiger partial charge in [-0.25, -0.2) is 18.6 Å². The number of carbonyl (C=O) groups is 1. The lowest BCUT2D eigenvalue weighted by Crippen LogP contribution is -2.34. The first-order valence-corrected chi connectivity index (χ1v) is 12.0. The summed E-state index contributed by atoms with van der Waals surface area (Å²) in [7, 11) is -3.84. The average molecular weight is 537 g/mol. The highest BCUT2D eigenvalue weighted by molar-refractivity contribution is 9.10. The molecule has 0 aliphatic heterocycles. The van der Waals surface area contributed by atoms with E-state index >= 15 is 0 Å². The SMILES string of the molecule is O=C(CNS(=O)(=O)c1ccc(Cl)cc1)N/N=C\c1cc(OCc2ccccc2)ccc1Br. The molecule has 0 aliphatic rings. The lowest BCUT2D eigenvalue weighted by Gasteiger charge is -2.08. The third kappa shape index (κ3) is 7.16. The molecule has 3 rings (SSSR count). The minimum absolute atomic E-state index is 0.00875. The van der Waals surface area contributed by atoms with E-state index < -0.39 is 22.5 Å². The van der Waals surface area contributed by atoms with Crippen LogP contribution in [0.1, 0.15) is 11.1 Å². The summed E-state index contributed by atoms with van der Waals surface area (Å²) in [6.45, 7) is -0.0484. The topological polar surface area (TPSA) is 96.9 Å². The summed E-state index contributed by atoms with van der Waals surface area (Å²) in [5.41, 5.74) is 4.01. The number of amides is 1. The van der Waals surface area contributed by atoms with Gasteiger partial charge in [0.05, 0.1) is 17.7 Å². The van der Waals surface area contributed by atoms with Crippen LogP contribution >= 0.6 is 27.5 Å².